The standard InChI is InChI=1S/C17H13F3N2O2S/c18-13-5-1-11(2-6-13)9-15-21-24-17(23)22(15)10-12-3-7-14(8-4-12)25-16(19)20/h1-8,16H,9-10H2. The molecule has 130 valence electrons. The Labute approximate surface area is 145 Å². The molecule has 0 aliphatic rings. The Bertz CT molecular complexity index is 890. The molecule has 0 saturated heterocycles. The van der Waals surface area contributed by atoms with Crippen molar-refractivity contribution in [1.82, 2.24) is 9.72 Å². The van der Waals surface area contributed by atoms with Crippen LogP contribution in [0.2, 0.25) is 0 Å². The van der Waals surface area contributed by atoms with E-state index in [1.54, 1.807) is 36.4 Å². The molecule has 1 heterocycles. The number of rotatable bonds is 6. The second kappa shape index (κ2) is 7.60. The summed E-state index contributed by atoms with van der Waals surface area (Å²) in [6.45, 7) is 0.207. The molecule has 0 aliphatic carbocycles. The maximum atomic E-state index is 13.0. The average molecular weight is 366 g/mol. The summed E-state index contributed by atoms with van der Waals surface area (Å²) < 4.78 is 43.7. The Morgan fingerprint density at radius 3 is 2.32 bits per heavy atom. The minimum Gasteiger partial charge on any atom is -0.296 e. The highest BCUT2D eigenvalue weighted by Gasteiger charge is 2.12. The lowest BCUT2D eigenvalue weighted by Gasteiger charge is -2.06. The van der Waals surface area contributed by atoms with Gasteiger partial charge in [0, 0.05) is 11.3 Å². The molecule has 3 rings (SSSR count). The topological polar surface area (TPSA) is 48.0 Å². The number of benzene rings is 2. The van der Waals surface area contributed by atoms with E-state index in [4.69, 9.17) is 4.52 Å². The van der Waals surface area contributed by atoms with Crippen LogP contribution in [0.1, 0.15) is 17.0 Å². The van der Waals surface area contributed by atoms with Gasteiger partial charge in [-0.1, -0.05) is 41.2 Å². The number of aromatic nitrogens is 2. The third-order valence-electron chi connectivity index (χ3n) is 3.53. The summed E-state index contributed by atoms with van der Waals surface area (Å²) in [5.41, 5.74) is 1.54. The minimum absolute atomic E-state index is 0.207. The Hall–Kier alpha value is -2.48. The van der Waals surface area contributed by atoms with Crippen molar-refractivity contribution in [3.63, 3.8) is 0 Å². The highest BCUT2D eigenvalue weighted by molar-refractivity contribution is 7.99. The van der Waals surface area contributed by atoms with Crippen LogP contribution in [0.4, 0.5) is 13.2 Å². The van der Waals surface area contributed by atoms with E-state index in [9.17, 15) is 18.0 Å². The minimum atomic E-state index is -2.48. The van der Waals surface area contributed by atoms with Crippen LogP contribution in [0.25, 0.3) is 0 Å². The molecule has 0 aliphatic heterocycles. The third kappa shape index (κ3) is 4.54. The molecular formula is C17H13F3N2O2S. The summed E-state index contributed by atoms with van der Waals surface area (Å²) in [6, 6.07) is 12.4. The Kier molecular flexibility index (Phi) is 5.28. The number of alkyl halides is 2. The van der Waals surface area contributed by atoms with Crippen molar-refractivity contribution in [2.75, 3.05) is 0 Å². The number of nitrogens with zero attached hydrogens (tertiary/aromatic N) is 2. The molecule has 3 aromatic rings. The average Bonchev–Trinajstić information content (AvgIpc) is 2.91. The zero-order valence-electron chi connectivity index (χ0n) is 12.9. The van der Waals surface area contributed by atoms with Gasteiger partial charge in [0.15, 0.2) is 5.82 Å². The van der Waals surface area contributed by atoms with E-state index < -0.39 is 11.5 Å². The van der Waals surface area contributed by atoms with Gasteiger partial charge in [0.05, 0.1) is 6.54 Å². The van der Waals surface area contributed by atoms with E-state index in [2.05, 4.69) is 5.16 Å². The van der Waals surface area contributed by atoms with Gasteiger partial charge >= 0.3 is 5.76 Å². The van der Waals surface area contributed by atoms with E-state index in [0.29, 0.717) is 28.9 Å². The van der Waals surface area contributed by atoms with Crippen LogP contribution in [-0.4, -0.2) is 15.5 Å². The number of hydrogen-bond donors (Lipinski definition) is 0. The number of thioether (sulfide) groups is 1. The Morgan fingerprint density at radius 2 is 1.68 bits per heavy atom. The van der Waals surface area contributed by atoms with Gasteiger partial charge in [0.1, 0.15) is 5.82 Å². The van der Waals surface area contributed by atoms with Crippen molar-refractivity contribution in [3.8, 4) is 0 Å². The fourth-order valence-electron chi connectivity index (χ4n) is 2.32. The second-order valence-corrected chi connectivity index (χ2v) is 6.34. The molecule has 0 atom stereocenters. The molecule has 0 spiro atoms. The van der Waals surface area contributed by atoms with Crippen molar-refractivity contribution >= 4 is 11.8 Å². The normalized spacial score (nSPS) is 11.2. The Balaban J connectivity index is 1.77. The zero-order chi connectivity index (χ0) is 17.8. The van der Waals surface area contributed by atoms with Crippen LogP contribution >= 0.6 is 11.8 Å². The van der Waals surface area contributed by atoms with Crippen LogP contribution in [0, 0.1) is 5.82 Å². The van der Waals surface area contributed by atoms with Crippen molar-refractivity contribution in [2.24, 2.45) is 0 Å². The van der Waals surface area contributed by atoms with E-state index in [1.807, 2.05) is 0 Å². The highest BCUT2D eigenvalue weighted by atomic mass is 32.2. The van der Waals surface area contributed by atoms with Crippen molar-refractivity contribution in [2.45, 2.75) is 23.6 Å². The molecule has 0 radical (unpaired) electrons. The van der Waals surface area contributed by atoms with E-state index in [-0.39, 0.29) is 12.4 Å². The molecule has 2 aromatic carbocycles. The largest absolute Gasteiger partial charge is 0.441 e. The van der Waals surface area contributed by atoms with Gasteiger partial charge in [0.2, 0.25) is 0 Å². The summed E-state index contributed by atoms with van der Waals surface area (Å²) in [5.74, 6) is -3.03. The lowest BCUT2D eigenvalue weighted by atomic mass is 10.1. The van der Waals surface area contributed by atoms with Gasteiger partial charge in [0.25, 0.3) is 5.76 Å². The molecule has 0 amide bonds. The van der Waals surface area contributed by atoms with Crippen LogP contribution < -0.4 is 5.76 Å². The van der Waals surface area contributed by atoms with E-state index in [1.165, 1.54) is 16.7 Å². The van der Waals surface area contributed by atoms with Crippen molar-refractivity contribution in [1.29, 1.82) is 0 Å². The van der Waals surface area contributed by atoms with Crippen molar-refractivity contribution < 1.29 is 17.7 Å². The molecule has 4 nitrogen and oxygen atoms in total. The summed E-state index contributed by atoms with van der Waals surface area (Å²) in [4.78, 5) is 12.3. The lowest BCUT2D eigenvalue weighted by molar-refractivity contribution is 0.252. The quantitative estimate of drug-likeness (QED) is 0.620. The summed E-state index contributed by atoms with van der Waals surface area (Å²) in [7, 11) is 0. The van der Waals surface area contributed by atoms with Gasteiger partial charge in [-0.3, -0.25) is 9.09 Å². The first kappa shape index (κ1) is 17.3. The molecule has 8 heteroatoms. The predicted octanol–water partition coefficient (Wildman–Crippen LogP) is 3.93. The number of halogens is 3. The van der Waals surface area contributed by atoms with Gasteiger partial charge in [-0.2, -0.15) is 8.78 Å². The molecule has 0 N–H and O–H groups in total. The van der Waals surface area contributed by atoms with Crippen LogP contribution in [0.15, 0.2) is 62.7 Å². The molecule has 0 fully saturated rings. The molecule has 0 saturated carbocycles. The SMILES string of the molecule is O=c1onc(Cc2ccc(F)cc2)n1Cc1ccc(SC(F)F)cc1. The third-order valence-corrected chi connectivity index (χ3v) is 4.25. The number of hydrogen-bond acceptors (Lipinski definition) is 4. The molecule has 0 bridgehead atoms. The lowest BCUT2D eigenvalue weighted by Crippen LogP contribution is -2.18. The molecule has 0 unspecified atom stereocenters. The van der Waals surface area contributed by atoms with E-state index in [0.717, 1.165) is 11.1 Å². The maximum absolute atomic E-state index is 13.0. The van der Waals surface area contributed by atoms with Gasteiger partial charge in [-0.25, -0.2) is 9.18 Å². The monoisotopic (exact) mass is 366 g/mol. The fraction of sp³-hybridized carbons (Fsp3) is 0.176. The summed E-state index contributed by atoms with van der Waals surface area (Å²) >= 11 is 0.461. The first-order chi connectivity index (χ1) is 12.0. The smallest absolute Gasteiger partial charge is 0.296 e. The molecule has 1 aromatic heterocycles. The summed E-state index contributed by atoms with van der Waals surface area (Å²) in [6.07, 6.45) is 0.311. The van der Waals surface area contributed by atoms with Gasteiger partial charge in [-0.15, -0.1) is 0 Å². The summed E-state index contributed by atoms with van der Waals surface area (Å²) in [5, 5.41) is 3.76. The van der Waals surface area contributed by atoms with Gasteiger partial charge in [-0.05, 0) is 35.4 Å². The first-order valence-corrected chi connectivity index (χ1v) is 8.23. The first-order valence-electron chi connectivity index (χ1n) is 7.35. The van der Waals surface area contributed by atoms with Crippen molar-refractivity contribution in [3.05, 3.63) is 81.9 Å². The predicted molar refractivity (Wildman–Crippen MR) is 87.4 cm³/mol. The van der Waals surface area contributed by atoms with E-state index >= 15 is 0 Å². The van der Waals surface area contributed by atoms with Crippen LogP contribution in [0.5, 0.6) is 0 Å². The fourth-order valence-corrected chi connectivity index (χ4v) is 2.82. The molecular weight excluding hydrogens is 353 g/mol. The molecule has 25 heavy (non-hydrogen) atoms. The Morgan fingerprint density at radius 1 is 1.04 bits per heavy atom. The van der Waals surface area contributed by atoms with Crippen LogP contribution in [0.3, 0.4) is 0 Å². The highest BCUT2D eigenvalue weighted by Crippen LogP contribution is 2.25. The zero-order valence-corrected chi connectivity index (χ0v) is 13.7. The second-order valence-electron chi connectivity index (χ2n) is 5.28. The van der Waals surface area contributed by atoms with Crippen LogP contribution in [-0.2, 0) is 13.0 Å². The van der Waals surface area contributed by atoms with Gasteiger partial charge < -0.3 is 0 Å². The maximum Gasteiger partial charge on any atom is 0.441 e.